The summed E-state index contributed by atoms with van der Waals surface area (Å²) in [6.07, 6.45) is 3.64. The van der Waals surface area contributed by atoms with Crippen molar-refractivity contribution < 1.29 is 4.79 Å². The minimum atomic E-state index is -0.206. The summed E-state index contributed by atoms with van der Waals surface area (Å²) in [6.45, 7) is 3.76. The Morgan fingerprint density at radius 1 is 1.10 bits per heavy atom. The molecule has 0 saturated carbocycles. The predicted molar refractivity (Wildman–Crippen MR) is 171 cm³/mol. The van der Waals surface area contributed by atoms with Crippen molar-refractivity contribution >= 4 is 56.7 Å². The molecule has 9 heteroatoms. The van der Waals surface area contributed by atoms with E-state index in [1.807, 2.05) is 56.4 Å². The average Bonchev–Trinajstić information content (AvgIpc) is 3.27. The van der Waals surface area contributed by atoms with Crippen molar-refractivity contribution in [3.63, 3.8) is 0 Å². The van der Waals surface area contributed by atoms with Gasteiger partial charge in [-0.1, -0.05) is 36.4 Å². The monoisotopic (exact) mass is 649 g/mol. The van der Waals surface area contributed by atoms with Crippen molar-refractivity contribution in [2.24, 2.45) is 12.8 Å². The Labute approximate surface area is 249 Å². The normalized spacial score (nSPS) is 15.2. The van der Waals surface area contributed by atoms with Gasteiger partial charge in [0, 0.05) is 53.1 Å². The molecule has 3 aromatic carbocycles. The standard InChI is InChI=1S/C31H36IN7O/c1-20(39-17-15-23(16-18-39)35-26-6-4-3-5-25(26)32)31(40)36-24-12-13-28-27(19-24)37-29(38(28)2)14-9-21-7-10-22(11-8-21)30(33)34/h3-8,10-13,19-20,23,35H,9,14-18H2,1-2H3,(H3,33,34)(H,36,40). The highest BCUT2D eigenvalue weighted by molar-refractivity contribution is 14.1. The van der Waals surface area contributed by atoms with Crippen molar-refractivity contribution in [1.29, 1.82) is 5.41 Å². The van der Waals surface area contributed by atoms with Gasteiger partial charge >= 0.3 is 0 Å². The lowest BCUT2D eigenvalue weighted by molar-refractivity contribution is -0.121. The zero-order valence-electron chi connectivity index (χ0n) is 23.0. The Balaban J connectivity index is 1.16. The molecule has 0 spiro atoms. The van der Waals surface area contributed by atoms with Gasteiger partial charge in [-0.3, -0.25) is 15.1 Å². The molecular formula is C31H36IN7O. The summed E-state index contributed by atoms with van der Waals surface area (Å²) >= 11 is 2.37. The van der Waals surface area contributed by atoms with E-state index in [2.05, 4.69) is 67.0 Å². The van der Waals surface area contributed by atoms with Crippen molar-refractivity contribution in [3.05, 3.63) is 87.3 Å². The number of likely N-dealkylation sites (tertiary alicyclic amines) is 1. The molecule has 1 amide bonds. The molecule has 8 nitrogen and oxygen atoms in total. The number of imidazole rings is 1. The molecule has 5 N–H and O–H groups in total. The number of amides is 1. The molecule has 5 rings (SSSR count). The van der Waals surface area contributed by atoms with Gasteiger partial charge in [-0.15, -0.1) is 0 Å². The van der Waals surface area contributed by atoms with E-state index >= 15 is 0 Å². The quantitative estimate of drug-likeness (QED) is 0.114. The number of nitrogens with zero attached hydrogens (tertiary/aromatic N) is 3. The molecule has 2 heterocycles. The van der Waals surface area contributed by atoms with Crippen molar-refractivity contribution in [2.45, 2.75) is 44.7 Å². The van der Waals surface area contributed by atoms with Gasteiger partial charge in [0.1, 0.15) is 11.7 Å². The third-order valence-corrected chi connectivity index (χ3v) is 8.77. The second-order valence-corrected chi connectivity index (χ2v) is 11.7. The Morgan fingerprint density at radius 2 is 1.82 bits per heavy atom. The van der Waals surface area contributed by atoms with Crippen LogP contribution in [0.5, 0.6) is 0 Å². The van der Waals surface area contributed by atoms with Gasteiger partial charge in [0.2, 0.25) is 5.91 Å². The van der Waals surface area contributed by atoms with Crippen molar-refractivity contribution in [2.75, 3.05) is 23.7 Å². The molecule has 1 aliphatic rings. The van der Waals surface area contributed by atoms with Crippen LogP contribution in [0, 0.1) is 8.98 Å². The van der Waals surface area contributed by atoms with Crippen LogP contribution in [0.25, 0.3) is 11.0 Å². The third kappa shape index (κ3) is 6.47. The molecule has 208 valence electrons. The fourth-order valence-corrected chi connectivity index (χ4v) is 5.84. The number of nitrogens with one attached hydrogen (secondary N) is 3. The van der Waals surface area contributed by atoms with Crippen LogP contribution in [0.15, 0.2) is 66.7 Å². The second-order valence-electron chi connectivity index (χ2n) is 10.5. The van der Waals surface area contributed by atoms with Gasteiger partial charge in [0.05, 0.1) is 17.1 Å². The summed E-state index contributed by atoms with van der Waals surface area (Å²) in [4.78, 5) is 20.3. The SMILES string of the molecule is CC(C(=O)Nc1ccc2c(c1)nc(CCc1ccc(C(=N)N)cc1)n2C)N1CCC(Nc2ccccc2I)CC1. The topological polar surface area (TPSA) is 112 Å². The maximum Gasteiger partial charge on any atom is 0.241 e. The molecule has 0 radical (unpaired) electrons. The minimum Gasteiger partial charge on any atom is -0.384 e. The van der Waals surface area contributed by atoms with Crippen LogP contribution in [-0.2, 0) is 24.7 Å². The van der Waals surface area contributed by atoms with Crippen LogP contribution < -0.4 is 16.4 Å². The van der Waals surface area contributed by atoms with Crippen LogP contribution >= 0.6 is 22.6 Å². The zero-order chi connectivity index (χ0) is 28.2. The highest BCUT2D eigenvalue weighted by Gasteiger charge is 2.27. The molecule has 1 atom stereocenters. The van der Waals surface area contributed by atoms with Gasteiger partial charge < -0.3 is 20.9 Å². The molecule has 1 fully saturated rings. The van der Waals surface area contributed by atoms with E-state index in [1.165, 1.54) is 14.8 Å². The lowest BCUT2D eigenvalue weighted by Gasteiger charge is -2.36. The number of amidine groups is 1. The van der Waals surface area contributed by atoms with Crippen molar-refractivity contribution in [3.8, 4) is 0 Å². The maximum atomic E-state index is 13.1. The number of halogens is 1. The number of para-hydroxylation sites is 1. The minimum absolute atomic E-state index is 0.00790. The largest absolute Gasteiger partial charge is 0.384 e. The van der Waals surface area contributed by atoms with E-state index in [9.17, 15) is 4.79 Å². The molecule has 1 unspecified atom stereocenters. The fourth-order valence-electron chi connectivity index (χ4n) is 5.30. The van der Waals surface area contributed by atoms with Crippen LogP contribution in [0.1, 0.15) is 36.7 Å². The van der Waals surface area contributed by atoms with E-state index in [1.54, 1.807) is 0 Å². The molecule has 40 heavy (non-hydrogen) atoms. The maximum absolute atomic E-state index is 13.1. The zero-order valence-corrected chi connectivity index (χ0v) is 25.1. The summed E-state index contributed by atoms with van der Waals surface area (Å²) in [5.41, 5.74) is 11.3. The highest BCUT2D eigenvalue weighted by Crippen LogP contribution is 2.24. The van der Waals surface area contributed by atoms with Gasteiger partial charge in [0.15, 0.2) is 0 Å². The molecule has 1 aromatic heterocycles. The average molecular weight is 650 g/mol. The number of nitrogen functional groups attached to an aromatic ring is 1. The van der Waals surface area contributed by atoms with Crippen molar-refractivity contribution in [1.82, 2.24) is 14.5 Å². The molecule has 0 bridgehead atoms. The summed E-state index contributed by atoms with van der Waals surface area (Å²) in [5, 5.41) is 14.3. The van der Waals surface area contributed by atoms with Crippen LogP contribution in [-0.4, -0.2) is 51.4 Å². The lowest BCUT2D eigenvalue weighted by Crippen LogP contribution is -2.48. The van der Waals surface area contributed by atoms with E-state index in [-0.39, 0.29) is 17.8 Å². The number of fused-ring (bicyclic) bond motifs is 1. The number of hydrogen-bond acceptors (Lipinski definition) is 5. The fraction of sp³-hybridized carbons (Fsp3) is 0.323. The van der Waals surface area contributed by atoms with E-state index in [4.69, 9.17) is 16.1 Å². The lowest BCUT2D eigenvalue weighted by atomic mass is 10.0. The van der Waals surface area contributed by atoms with Gasteiger partial charge in [0.25, 0.3) is 0 Å². The van der Waals surface area contributed by atoms with Gasteiger partial charge in [-0.25, -0.2) is 4.98 Å². The third-order valence-electron chi connectivity index (χ3n) is 7.83. The number of benzene rings is 3. The molecular weight excluding hydrogens is 613 g/mol. The number of carbonyl (C=O) groups excluding carboxylic acids is 1. The summed E-state index contributed by atoms with van der Waals surface area (Å²) in [7, 11) is 2.03. The molecule has 0 aliphatic carbocycles. The smallest absolute Gasteiger partial charge is 0.241 e. The van der Waals surface area contributed by atoms with Gasteiger partial charge in [-0.2, -0.15) is 0 Å². The molecule has 1 aliphatic heterocycles. The first-order valence-electron chi connectivity index (χ1n) is 13.7. The van der Waals surface area contributed by atoms with E-state index < -0.39 is 0 Å². The van der Waals surface area contributed by atoms with E-state index in [0.717, 1.165) is 66.9 Å². The number of piperidine rings is 1. The highest BCUT2D eigenvalue weighted by atomic mass is 127. The second kappa shape index (κ2) is 12.4. The predicted octanol–water partition coefficient (Wildman–Crippen LogP) is 5.15. The van der Waals surface area contributed by atoms with Gasteiger partial charge in [-0.05, 0) is 84.7 Å². The summed E-state index contributed by atoms with van der Waals surface area (Å²) in [5.74, 6) is 1.08. The first-order valence-corrected chi connectivity index (χ1v) is 14.8. The first kappa shape index (κ1) is 28.1. The number of anilines is 2. The summed E-state index contributed by atoms with van der Waals surface area (Å²) < 4.78 is 3.34. The molecule has 1 saturated heterocycles. The summed E-state index contributed by atoms with van der Waals surface area (Å²) in [6, 6.07) is 22.3. The number of carbonyl (C=O) groups is 1. The Kier molecular flexibility index (Phi) is 8.70. The van der Waals surface area contributed by atoms with E-state index in [0.29, 0.717) is 6.04 Å². The Morgan fingerprint density at radius 3 is 2.52 bits per heavy atom. The Bertz CT molecular complexity index is 1510. The Hall–Kier alpha value is -3.44. The van der Waals surface area contributed by atoms with Crippen LogP contribution in [0.3, 0.4) is 0 Å². The number of hydrogen-bond donors (Lipinski definition) is 4. The first-order chi connectivity index (χ1) is 19.3. The van der Waals surface area contributed by atoms with Crippen LogP contribution in [0.4, 0.5) is 11.4 Å². The number of aryl methyl sites for hydroxylation is 3. The number of rotatable bonds is 9. The molecule has 4 aromatic rings. The van der Waals surface area contributed by atoms with Crippen LogP contribution in [0.2, 0.25) is 0 Å². The number of nitrogens with two attached hydrogens (primary N) is 1. The number of aromatic nitrogens is 2.